The Hall–Kier alpha value is -3.19. The number of hydrogen-bond donors (Lipinski definition) is 2. The van der Waals surface area contributed by atoms with Crippen molar-refractivity contribution in [2.24, 2.45) is 0 Å². The molecule has 1 spiro atoms. The van der Waals surface area contributed by atoms with Gasteiger partial charge in [-0.05, 0) is 48.2 Å². The summed E-state index contributed by atoms with van der Waals surface area (Å²) in [6, 6.07) is 13.9. The molecule has 0 unspecified atom stereocenters. The second kappa shape index (κ2) is 8.28. The second-order valence-corrected chi connectivity index (χ2v) is 7.90. The number of rotatable bonds is 5. The average Bonchev–Trinajstić information content (AvgIpc) is 3.18. The van der Waals surface area contributed by atoms with Crippen LogP contribution in [0.5, 0.6) is 0 Å². The van der Waals surface area contributed by atoms with E-state index in [0.717, 1.165) is 36.2 Å². The zero-order valence-electron chi connectivity index (χ0n) is 16.6. The molecule has 0 aliphatic carbocycles. The molecular weight excluding hydrogens is 385 g/mol. The van der Waals surface area contributed by atoms with Gasteiger partial charge in [0.25, 0.3) is 5.91 Å². The average molecular weight is 409 g/mol. The van der Waals surface area contributed by atoms with E-state index in [4.69, 9.17) is 5.21 Å². The van der Waals surface area contributed by atoms with Gasteiger partial charge in [0.1, 0.15) is 5.82 Å². The minimum atomic E-state index is -0.581. The highest BCUT2D eigenvalue weighted by Gasteiger charge is 2.51. The molecule has 2 aliphatic heterocycles. The third-order valence-corrected chi connectivity index (χ3v) is 5.94. The molecule has 6 nitrogen and oxygen atoms in total. The number of amides is 2. The summed E-state index contributed by atoms with van der Waals surface area (Å²) in [5.41, 5.74) is 4.22. The van der Waals surface area contributed by atoms with Crippen LogP contribution in [0, 0.1) is 5.82 Å². The molecular formula is C23H24FN3O3. The summed E-state index contributed by atoms with van der Waals surface area (Å²) < 4.78 is 13.1. The van der Waals surface area contributed by atoms with Gasteiger partial charge < -0.3 is 9.80 Å². The Bertz CT molecular complexity index is 968. The lowest BCUT2D eigenvalue weighted by molar-refractivity contribution is -0.137. The standard InChI is InChI=1S/C23H24FN3O3/c24-19-9-6-17(7-10-19)14-22(29)26-15-23(16-26)12-3-13-27(23)20-5-2-1-4-18(20)8-11-21(28)25-30/h1-2,4-11,30H,3,12-16H2,(H,25,28). The summed E-state index contributed by atoms with van der Waals surface area (Å²) in [4.78, 5) is 28.2. The molecule has 156 valence electrons. The molecule has 7 heteroatoms. The highest BCUT2D eigenvalue weighted by Crippen LogP contribution is 2.42. The van der Waals surface area contributed by atoms with Gasteiger partial charge in [-0.15, -0.1) is 0 Å². The smallest absolute Gasteiger partial charge is 0.267 e. The third-order valence-electron chi connectivity index (χ3n) is 5.94. The molecule has 0 aromatic heterocycles. The summed E-state index contributed by atoms with van der Waals surface area (Å²) >= 11 is 0. The van der Waals surface area contributed by atoms with Crippen LogP contribution in [0.25, 0.3) is 6.08 Å². The van der Waals surface area contributed by atoms with Crippen LogP contribution in [0.4, 0.5) is 10.1 Å². The van der Waals surface area contributed by atoms with Gasteiger partial charge in [-0.3, -0.25) is 14.8 Å². The van der Waals surface area contributed by atoms with Crippen molar-refractivity contribution in [2.75, 3.05) is 24.5 Å². The molecule has 2 heterocycles. The predicted molar refractivity (Wildman–Crippen MR) is 111 cm³/mol. The van der Waals surface area contributed by atoms with Crippen molar-refractivity contribution in [3.05, 3.63) is 71.6 Å². The Morgan fingerprint density at radius 2 is 1.87 bits per heavy atom. The fraction of sp³-hybridized carbons (Fsp3) is 0.304. The molecule has 2 saturated heterocycles. The fourth-order valence-electron chi connectivity index (χ4n) is 4.45. The molecule has 2 amide bonds. The van der Waals surface area contributed by atoms with Crippen molar-refractivity contribution < 1.29 is 19.2 Å². The van der Waals surface area contributed by atoms with Gasteiger partial charge in [-0.2, -0.15) is 0 Å². The van der Waals surface area contributed by atoms with E-state index in [2.05, 4.69) is 4.90 Å². The van der Waals surface area contributed by atoms with E-state index >= 15 is 0 Å². The Morgan fingerprint density at radius 3 is 2.60 bits per heavy atom. The van der Waals surface area contributed by atoms with Crippen molar-refractivity contribution in [2.45, 2.75) is 24.8 Å². The topological polar surface area (TPSA) is 72.9 Å². The van der Waals surface area contributed by atoms with Gasteiger partial charge in [-0.1, -0.05) is 30.3 Å². The van der Waals surface area contributed by atoms with Crippen LogP contribution in [0.1, 0.15) is 24.0 Å². The summed E-state index contributed by atoms with van der Waals surface area (Å²) in [6.45, 7) is 2.20. The number of hydrogen-bond acceptors (Lipinski definition) is 4. The van der Waals surface area contributed by atoms with Crippen molar-refractivity contribution in [3.8, 4) is 0 Å². The van der Waals surface area contributed by atoms with E-state index in [9.17, 15) is 14.0 Å². The molecule has 0 saturated carbocycles. The van der Waals surface area contributed by atoms with E-state index < -0.39 is 5.91 Å². The number of nitrogens with zero attached hydrogens (tertiary/aromatic N) is 2. The number of carbonyl (C=O) groups is 2. The zero-order chi connectivity index (χ0) is 21.1. The lowest BCUT2D eigenvalue weighted by Crippen LogP contribution is -2.69. The summed E-state index contributed by atoms with van der Waals surface area (Å²) in [7, 11) is 0. The van der Waals surface area contributed by atoms with Crippen molar-refractivity contribution >= 4 is 23.6 Å². The second-order valence-electron chi connectivity index (χ2n) is 7.90. The number of carbonyl (C=O) groups excluding carboxylic acids is 2. The van der Waals surface area contributed by atoms with Crippen LogP contribution in [0.2, 0.25) is 0 Å². The normalized spacial score (nSPS) is 17.4. The number of anilines is 1. The van der Waals surface area contributed by atoms with Crippen LogP contribution < -0.4 is 10.4 Å². The lowest BCUT2D eigenvalue weighted by Gasteiger charge is -2.54. The number of hydroxylamine groups is 1. The Morgan fingerprint density at radius 1 is 1.13 bits per heavy atom. The maximum Gasteiger partial charge on any atom is 0.267 e. The number of halogens is 1. The SMILES string of the molecule is O=C(C=Cc1ccccc1N1CCCC12CN(C(=O)Cc1ccc(F)cc1)C2)NO. The van der Waals surface area contributed by atoms with Crippen LogP contribution >= 0.6 is 0 Å². The molecule has 0 bridgehead atoms. The molecule has 4 rings (SSSR count). The van der Waals surface area contributed by atoms with E-state index in [1.54, 1.807) is 23.7 Å². The molecule has 2 fully saturated rings. The minimum absolute atomic E-state index is 0.0480. The largest absolute Gasteiger partial charge is 0.362 e. The molecule has 0 atom stereocenters. The van der Waals surface area contributed by atoms with Gasteiger partial charge in [0, 0.05) is 31.4 Å². The molecule has 0 radical (unpaired) electrons. The van der Waals surface area contributed by atoms with Crippen LogP contribution in [-0.4, -0.2) is 47.1 Å². The maximum absolute atomic E-state index is 13.1. The molecule has 2 aliphatic rings. The van der Waals surface area contributed by atoms with E-state index in [1.807, 2.05) is 29.2 Å². The number of para-hydroxylation sites is 1. The van der Waals surface area contributed by atoms with Gasteiger partial charge in [-0.25, -0.2) is 9.87 Å². The first-order valence-electron chi connectivity index (χ1n) is 10.0. The van der Waals surface area contributed by atoms with Crippen molar-refractivity contribution in [1.82, 2.24) is 10.4 Å². The number of likely N-dealkylation sites (tertiary alicyclic amines) is 1. The quantitative estimate of drug-likeness (QED) is 0.453. The van der Waals surface area contributed by atoms with Gasteiger partial charge in [0.05, 0.1) is 12.0 Å². The monoisotopic (exact) mass is 409 g/mol. The summed E-state index contributed by atoms with van der Waals surface area (Å²) in [5.74, 6) is -0.839. The Balaban J connectivity index is 1.46. The van der Waals surface area contributed by atoms with E-state index in [-0.39, 0.29) is 23.7 Å². The molecule has 30 heavy (non-hydrogen) atoms. The lowest BCUT2D eigenvalue weighted by atomic mass is 9.85. The molecule has 2 aromatic rings. The van der Waals surface area contributed by atoms with Crippen molar-refractivity contribution in [3.63, 3.8) is 0 Å². The highest BCUT2D eigenvalue weighted by molar-refractivity contribution is 5.92. The fourth-order valence-corrected chi connectivity index (χ4v) is 4.45. The maximum atomic E-state index is 13.1. The Kier molecular flexibility index (Phi) is 5.55. The Labute approximate surface area is 174 Å². The number of benzene rings is 2. The molecule has 2 N–H and O–H groups in total. The predicted octanol–water partition coefficient (Wildman–Crippen LogP) is 2.77. The third kappa shape index (κ3) is 3.93. The van der Waals surface area contributed by atoms with E-state index in [1.165, 1.54) is 18.2 Å². The van der Waals surface area contributed by atoms with Crippen LogP contribution in [-0.2, 0) is 16.0 Å². The minimum Gasteiger partial charge on any atom is -0.362 e. The van der Waals surface area contributed by atoms with Gasteiger partial charge in [0.2, 0.25) is 5.91 Å². The van der Waals surface area contributed by atoms with Crippen LogP contribution in [0.3, 0.4) is 0 Å². The van der Waals surface area contributed by atoms with Crippen molar-refractivity contribution in [1.29, 1.82) is 0 Å². The summed E-state index contributed by atoms with van der Waals surface area (Å²) in [6.07, 6.45) is 5.29. The summed E-state index contributed by atoms with van der Waals surface area (Å²) in [5, 5.41) is 8.71. The van der Waals surface area contributed by atoms with Gasteiger partial charge in [0.15, 0.2) is 0 Å². The first-order valence-corrected chi connectivity index (χ1v) is 10.0. The first-order chi connectivity index (χ1) is 14.5. The van der Waals surface area contributed by atoms with Crippen LogP contribution in [0.15, 0.2) is 54.6 Å². The van der Waals surface area contributed by atoms with E-state index in [0.29, 0.717) is 13.1 Å². The zero-order valence-corrected chi connectivity index (χ0v) is 16.6. The number of nitrogens with one attached hydrogen (secondary N) is 1. The highest BCUT2D eigenvalue weighted by atomic mass is 19.1. The van der Waals surface area contributed by atoms with Gasteiger partial charge >= 0.3 is 0 Å². The molecule has 2 aromatic carbocycles. The first kappa shape index (κ1) is 20.1.